The van der Waals surface area contributed by atoms with Crippen molar-refractivity contribution >= 4 is 40.2 Å². The summed E-state index contributed by atoms with van der Waals surface area (Å²) in [6, 6.07) is 10.6. The van der Waals surface area contributed by atoms with Gasteiger partial charge in [-0.05, 0) is 48.3 Å². The van der Waals surface area contributed by atoms with Crippen molar-refractivity contribution in [2.75, 3.05) is 13.1 Å². The van der Waals surface area contributed by atoms with Crippen LogP contribution in [-0.2, 0) is 25.9 Å². The van der Waals surface area contributed by atoms with Gasteiger partial charge in [-0.15, -0.1) is 12.4 Å². The van der Waals surface area contributed by atoms with Gasteiger partial charge in [0.25, 0.3) is 0 Å². The van der Waals surface area contributed by atoms with Gasteiger partial charge in [0.2, 0.25) is 0 Å². The molecule has 0 bridgehead atoms. The topological polar surface area (TPSA) is 92.9 Å². The third kappa shape index (κ3) is 4.06. The molecule has 0 aliphatic carbocycles. The number of nitrogens with one attached hydrogen (secondary N) is 4. The molecule has 5 N–H and O–H groups in total. The summed E-state index contributed by atoms with van der Waals surface area (Å²) >= 11 is 0. The number of benzene rings is 2. The Morgan fingerprint density at radius 1 is 0.903 bits per heavy atom. The third-order valence-electron chi connectivity index (χ3n) is 5.94. The quantitative estimate of drug-likeness (QED) is 0.308. The van der Waals surface area contributed by atoms with Crippen LogP contribution in [0.1, 0.15) is 42.5 Å². The molecule has 31 heavy (non-hydrogen) atoms. The normalized spacial score (nSPS) is 16.7. The average Bonchev–Trinajstić information content (AvgIpc) is 3.36. The first kappa shape index (κ1) is 17.8. The molecule has 6 rings (SSSR count). The molecule has 0 radical (unpaired) electrons. The van der Waals surface area contributed by atoms with E-state index in [0.717, 1.165) is 60.8 Å². The number of carboxylic acids is 1. The second-order valence-electron chi connectivity index (χ2n) is 7.84. The molecule has 4 aromatic rings. The van der Waals surface area contributed by atoms with Crippen LogP contribution in [0, 0.1) is 6.85 Å². The van der Waals surface area contributed by atoms with Crippen LogP contribution in [0.5, 0.6) is 0 Å². The number of H-pyrrole nitrogens is 2. The number of halogens is 1. The van der Waals surface area contributed by atoms with Gasteiger partial charge in [0.05, 0.1) is 5.56 Å². The molecule has 2 aromatic carbocycles. The maximum atomic E-state index is 10.9. The summed E-state index contributed by atoms with van der Waals surface area (Å²) in [5, 5.41) is 17.6. The second kappa shape index (κ2) is 8.75. The van der Waals surface area contributed by atoms with E-state index in [1.807, 2.05) is 12.1 Å². The smallest absolute Gasteiger partial charge is 0.335 e. The lowest BCUT2D eigenvalue weighted by Crippen LogP contribution is -2.22. The Bertz CT molecular complexity index is 1360. The summed E-state index contributed by atoms with van der Waals surface area (Å²) in [5.41, 5.74) is 7.72. The molecule has 0 unspecified atom stereocenters. The minimum Gasteiger partial charge on any atom is -0.478 e. The number of rotatable bonds is 1. The molecular weight excluding hydrogens is 412 g/mol. The number of carbonyl (C=O) groups is 1. The maximum absolute atomic E-state index is 10.9. The van der Waals surface area contributed by atoms with Crippen LogP contribution in [0.15, 0.2) is 36.4 Å². The van der Waals surface area contributed by atoms with E-state index in [4.69, 9.17) is 9.22 Å². The summed E-state index contributed by atoms with van der Waals surface area (Å²) in [4.78, 5) is 17.6. The largest absolute Gasteiger partial charge is 0.478 e. The van der Waals surface area contributed by atoms with E-state index in [9.17, 15) is 4.79 Å². The molecule has 6 nitrogen and oxygen atoms in total. The summed E-state index contributed by atoms with van der Waals surface area (Å²) in [6.07, 6.45) is 1.96. The van der Waals surface area contributed by atoms with Crippen molar-refractivity contribution in [1.82, 2.24) is 20.6 Å². The number of aromatic carboxylic acids is 1. The predicted molar refractivity (Wildman–Crippen MR) is 126 cm³/mol. The van der Waals surface area contributed by atoms with Gasteiger partial charge >= 0.3 is 5.97 Å². The van der Waals surface area contributed by atoms with Crippen molar-refractivity contribution < 1.29 is 14.0 Å². The highest BCUT2D eigenvalue weighted by Gasteiger charge is 2.16. The predicted octanol–water partition coefficient (Wildman–Crippen LogP) is 4.06. The number of aromatic nitrogens is 2. The lowest BCUT2D eigenvalue weighted by molar-refractivity contribution is 0.0697. The Kier molecular flexibility index (Phi) is 5.03. The molecule has 2 aromatic heterocycles. The van der Waals surface area contributed by atoms with Crippen molar-refractivity contribution in [3.63, 3.8) is 0 Å². The Morgan fingerprint density at radius 2 is 1.48 bits per heavy atom. The average molecular weight is 442 g/mol. The summed E-state index contributed by atoms with van der Waals surface area (Å²) in [6.45, 7) is 1.57. The minimum atomic E-state index is -2.03. The summed E-state index contributed by atoms with van der Waals surface area (Å²) in [7, 11) is 0. The molecule has 0 fully saturated rings. The van der Waals surface area contributed by atoms with Gasteiger partial charge in [-0.25, -0.2) is 4.79 Å². The van der Waals surface area contributed by atoms with Crippen molar-refractivity contribution in [3.05, 3.63) is 70.0 Å². The molecule has 0 amide bonds. The van der Waals surface area contributed by atoms with Crippen molar-refractivity contribution in [1.29, 1.82) is 0 Å². The third-order valence-corrected chi connectivity index (χ3v) is 5.94. The van der Waals surface area contributed by atoms with Crippen LogP contribution in [0.2, 0.25) is 0 Å². The van der Waals surface area contributed by atoms with Crippen LogP contribution < -0.4 is 10.6 Å². The molecule has 2 aliphatic rings. The number of aromatic amines is 2. The zero-order valence-corrected chi connectivity index (χ0v) is 17.8. The van der Waals surface area contributed by atoms with Gasteiger partial charge in [0, 0.05) is 76.3 Å². The Balaban J connectivity index is 0.000000157. The maximum Gasteiger partial charge on any atom is 0.335 e. The van der Waals surface area contributed by atoms with E-state index in [1.54, 1.807) is 24.3 Å². The fourth-order valence-corrected chi connectivity index (χ4v) is 4.42. The Morgan fingerprint density at radius 3 is 2.06 bits per heavy atom. The molecule has 2 aliphatic heterocycles. The SMILES string of the molecule is Cl.O=C(O)c1ccc2[nH]c3c(c2c1)CNCC3.[2H]C([2H])([2H])c1ccc2[nH]c3c(c2c1)CNCC3. The van der Waals surface area contributed by atoms with Crippen molar-refractivity contribution in [2.45, 2.75) is 32.8 Å². The van der Waals surface area contributed by atoms with Crippen LogP contribution in [0.3, 0.4) is 0 Å². The first-order chi connectivity index (χ1) is 15.8. The molecule has 0 spiro atoms. The van der Waals surface area contributed by atoms with Crippen molar-refractivity contribution in [2.24, 2.45) is 0 Å². The molecule has 0 saturated carbocycles. The van der Waals surface area contributed by atoms with Crippen molar-refractivity contribution in [3.8, 4) is 0 Å². The number of hydrogen-bond donors (Lipinski definition) is 5. The van der Waals surface area contributed by atoms with E-state index in [0.29, 0.717) is 11.1 Å². The van der Waals surface area contributed by atoms with E-state index >= 15 is 0 Å². The number of hydrogen-bond acceptors (Lipinski definition) is 3. The first-order valence-electron chi connectivity index (χ1n) is 11.7. The van der Waals surface area contributed by atoms with Gasteiger partial charge < -0.3 is 25.7 Å². The zero-order chi connectivity index (χ0) is 23.2. The lowest BCUT2D eigenvalue weighted by Gasteiger charge is -2.12. The number of aryl methyl sites for hydroxylation is 1. The van der Waals surface area contributed by atoms with E-state index in [2.05, 4.69) is 20.6 Å². The van der Waals surface area contributed by atoms with E-state index < -0.39 is 12.8 Å². The first-order valence-corrected chi connectivity index (χ1v) is 10.2. The fraction of sp³-hybridized carbons (Fsp3) is 0.292. The monoisotopic (exact) mass is 441 g/mol. The molecule has 162 valence electrons. The summed E-state index contributed by atoms with van der Waals surface area (Å²) in [5.74, 6) is -0.874. The second-order valence-corrected chi connectivity index (χ2v) is 7.84. The molecule has 4 heterocycles. The zero-order valence-electron chi connectivity index (χ0n) is 20.0. The summed E-state index contributed by atoms with van der Waals surface area (Å²) < 4.78 is 22.3. The Hall–Kier alpha value is -2.80. The van der Waals surface area contributed by atoms with Gasteiger partial charge in [-0.2, -0.15) is 0 Å². The van der Waals surface area contributed by atoms with Crippen LogP contribution >= 0.6 is 12.4 Å². The molecule has 7 heteroatoms. The Labute approximate surface area is 191 Å². The van der Waals surface area contributed by atoms with Gasteiger partial charge in [0.15, 0.2) is 0 Å². The van der Waals surface area contributed by atoms with Gasteiger partial charge in [-0.3, -0.25) is 0 Å². The minimum absolute atomic E-state index is 0. The van der Waals surface area contributed by atoms with E-state index in [1.165, 1.54) is 22.5 Å². The van der Waals surface area contributed by atoms with Gasteiger partial charge in [-0.1, -0.05) is 11.6 Å². The van der Waals surface area contributed by atoms with Crippen LogP contribution in [0.4, 0.5) is 0 Å². The lowest BCUT2D eigenvalue weighted by atomic mass is 10.0. The number of carboxylic acid groups (broad SMARTS) is 1. The van der Waals surface area contributed by atoms with Crippen LogP contribution in [0.25, 0.3) is 21.8 Å². The molecule has 0 atom stereocenters. The highest BCUT2D eigenvalue weighted by molar-refractivity contribution is 5.95. The fourth-order valence-electron chi connectivity index (χ4n) is 4.42. The highest BCUT2D eigenvalue weighted by atomic mass is 35.5. The standard InChI is InChI=1S/C12H12N2O2.C12H14N2.ClH/c15-12(16)7-1-2-10-8(5-7)9-6-13-4-3-11(9)14-10;1-8-2-3-11-9(6-8)10-7-13-5-4-12(10)14-11;/h1-2,5,13-14H,3-4,6H2,(H,15,16);2-3,6,13-14H,4-5,7H2,1H3;1H/i;1D3;. The molecule has 0 saturated heterocycles. The van der Waals surface area contributed by atoms with Crippen LogP contribution in [-0.4, -0.2) is 34.1 Å². The van der Waals surface area contributed by atoms with Gasteiger partial charge in [0.1, 0.15) is 0 Å². The highest BCUT2D eigenvalue weighted by Crippen LogP contribution is 2.26. The van der Waals surface area contributed by atoms with E-state index in [-0.39, 0.29) is 12.4 Å². The number of fused-ring (bicyclic) bond motifs is 6. The molecular formula is C24H27ClN4O2.